The van der Waals surface area contributed by atoms with Gasteiger partial charge in [0.15, 0.2) is 0 Å². The number of urea groups is 1. The van der Waals surface area contributed by atoms with E-state index in [1.54, 1.807) is 0 Å². The van der Waals surface area contributed by atoms with Gasteiger partial charge in [-0.1, -0.05) is 19.3 Å². The molecule has 22 heavy (non-hydrogen) atoms. The van der Waals surface area contributed by atoms with E-state index in [1.807, 2.05) is 4.90 Å². The molecule has 0 aromatic rings. The van der Waals surface area contributed by atoms with Gasteiger partial charge in [-0.2, -0.15) is 0 Å². The highest BCUT2D eigenvalue weighted by Gasteiger charge is 2.37. The molecular weight excluding hydrogens is 300 g/mol. The van der Waals surface area contributed by atoms with Crippen LogP contribution in [0.4, 0.5) is 4.79 Å². The van der Waals surface area contributed by atoms with Crippen LogP contribution in [0.5, 0.6) is 0 Å². The lowest BCUT2D eigenvalue weighted by molar-refractivity contribution is 0.198. The zero-order valence-corrected chi connectivity index (χ0v) is 14.3. The number of carbonyl (C=O) groups excluding carboxylic acids is 1. The summed E-state index contributed by atoms with van der Waals surface area (Å²) >= 11 is 0. The summed E-state index contributed by atoms with van der Waals surface area (Å²) in [6.07, 6.45) is 9.52. The molecular formula is C16H28N2O3S. The standard InChI is InChI=1S/C16H28N2O3S/c1-22(20,21)15-8-4-7-14(9-15)17-16(19)18-10-12-5-2-3-6-13(12)11-18/h12-15H,2-11H2,1H3,(H,17,19)/t12-,13-,14+,15-/m1/s1. The summed E-state index contributed by atoms with van der Waals surface area (Å²) in [5.41, 5.74) is 0. The maximum Gasteiger partial charge on any atom is 0.317 e. The summed E-state index contributed by atoms with van der Waals surface area (Å²) in [5, 5.41) is 2.81. The molecule has 2 aliphatic carbocycles. The van der Waals surface area contributed by atoms with Crippen LogP contribution in [0.3, 0.4) is 0 Å². The Hall–Kier alpha value is -0.780. The molecule has 0 aromatic carbocycles. The van der Waals surface area contributed by atoms with E-state index in [1.165, 1.54) is 31.9 Å². The number of amides is 2. The molecule has 126 valence electrons. The summed E-state index contributed by atoms with van der Waals surface area (Å²) in [6, 6.07) is 0.0390. The highest BCUT2D eigenvalue weighted by Crippen LogP contribution is 2.36. The first-order valence-electron chi connectivity index (χ1n) is 8.68. The summed E-state index contributed by atoms with van der Waals surface area (Å²) < 4.78 is 23.4. The van der Waals surface area contributed by atoms with Crippen molar-refractivity contribution in [1.29, 1.82) is 0 Å². The fourth-order valence-electron chi connectivity index (χ4n) is 4.50. The minimum atomic E-state index is -3.00. The monoisotopic (exact) mass is 328 g/mol. The van der Waals surface area contributed by atoms with Crippen LogP contribution in [0.2, 0.25) is 0 Å². The predicted octanol–water partition coefficient (Wildman–Crippen LogP) is 2.17. The molecule has 0 bridgehead atoms. The Balaban J connectivity index is 1.53. The third kappa shape index (κ3) is 3.58. The van der Waals surface area contributed by atoms with Crippen LogP contribution >= 0.6 is 0 Å². The van der Waals surface area contributed by atoms with Gasteiger partial charge < -0.3 is 10.2 Å². The topological polar surface area (TPSA) is 66.5 Å². The van der Waals surface area contributed by atoms with Crippen LogP contribution < -0.4 is 5.32 Å². The van der Waals surface area contributed by atoms with E-state index in [-0.39, 0.29) is 17.3 Å². The first kappa shape index (κ1) is 16.1. The van der Waals surface area contributed by atoms with Crippen molar-refractivity contribution in [3.8, 4) is 0 Å². The molecule has 0 aromatic heterocycles. The molecule has 4 atom stereocenters. The summed E-state index contributed by atoms with van der Waals surface area (Å²) in [5.74, 6) is 1.38. The van der Waals surface area contributed by atoms with Crippen molar-refractivity contribution >= 4 is 15.9 Å². The maximum absolute atomic E-state index is 12.5. The van der Waals surface area contributed by atoms with E-state index >= 15 is 0 Å². The van der Waals surface area contributed by atoms with Crippen molar-refractivity contribution in [1.82, 2.24) is 10.2 Å². The molecule has 6 heteroatoms. The minimum Gasteiger partial charge on any atom is -0.335 e. The van der Waals surface area contributed by atoms with E-state index in [2.05, 4.69) is 5.32 Å². The van der Waals surface area contributed by atoms with Crippen molar-refractivity contribution in [2.24, 2.45) is 11.8 Å². The van der Waals surface area contributed by atoms with Crippen molar-refractivity contribution in [3.05, 3.63) is 0 Å². The lowest BCUT2D eigenvalue weighted by Gasteiger charge is -2.30. The number of carbonyl (C=O) groups is 1. The van der Waals surface area contributed by atoms with Crippen LogP contribution in [0.1, 0.15) is 51.4 Å². The third-order valence-corrected chi connectivity index (χ3v) is 7.46. The van der Waals surface area contributed by atoms with E-state index in [0.717, 1.165) is 32.4 Å². The molecule has 5 nitrogen and oxygen atoms in total. The van der Waals surface area contributed by atoms with E-state index in [0.29, 0.717) is 18.3 Å². The zero-order chi connectivity index (χ0) is 15.7. The Labute approximate surface area is 133 Å². The number of fused-ring (bicyclic) bond motifs is 1. The molecule has 2 saturated carbocycles. The molecule has 1 aliphatic heterocycles. The fraction of sp³-hybridized carbons (Fsp3) is 0.938. The van der Waals surface area contributed by atoms with Crippen LogP contribution in [-0.4, -0.2) is 50.0 Å². The molecule has 2 amide bonds. The zero-order valence-electron chi connectivity index (χ0n) is 13.5. The van der Waals surface area contributed by atoms with Gasteiger partial charge in [0.05, 0.1) is 5.25 Å². The van der Waals surface area contributed by atoms with E-state index in [9.17, 15) is 13.2 Å². The van der Waals surface area contributed by atoms with E-state index < -0.39 is 9.84 Å². The van der Waals surface area contributed by atoms with Gasteiger partial charge >= 0.3 is 6.03 Å². The molecule has 1 N–H and O–H groups in total. The predicted molar refractivity (Wildman–Crippen MR) is 86.4 cm³/mol. The summed E-state index contributed by atoms with van der Waals surface area (Å²) in [7, 11) is -3.00. The van der Waals surface area contributed by atoms with Gasteiger partial charge in [0, 0.05) is 25.4 Å². The number of likely N-dealkylation sites (tertiary alicyclic amines) is 1. The summed E-state index contributed by atoms with van der Waals surface area (Å²) in [6.45, 7) is 1.78. The second-order valence-electron chi connectivity index (χ2n) is 7.47. The third-order valence-electron chi connectivity index (χ3n) is 5.82. The highest BCUT2D eigenvalue weighted by atomic mass is 32.2. The average molecular weight is 328 g/mol. The Bertz CT molecular complexity index is 505. The van der Waals surface area contributed by atoms with Crippen molar-refractivity contribution < 1.29 is 13.2 Å². The molecule has 1 heterocycles. The van der Waals surface area contributed by atoms with Gasteiger partial charge in [-0.05, 0) is 43.9 Å². The lowest BCUT2D eigenvalue weighted by atomic mass is 9.82. The first-order valence-corrected chi connectivity index (χ1v) is 10.6. The van der Waals surface area contributed by atoms with Crippen molar-refractivity contribution in [2.45, 2.75) is 62.7 Å². The number of nitrogens with zero attached hydrogens (tertiary/aromatic N) is 1. The minimum absolute atomic E-state index is 0.0172. The first-order chi connectivity index (χ1) is 10.4. The average Bonchev–Trinajstić information content (AvgIpc) is 2.90. The van der Waals surface area contributed by atoms with Crippen LogP contribution in [-0.2, 0) is 9.84 Å². The molecule has 3 rings (SSSR count). The second kappa shape index (κ2) is 6.38. The van der Waals surface area contributed by atoms with Gasteiger partial charge in [0.2, 0.25) is 0 Å². The van der Waals surface area contributed by atoms with Gasteiger partial charge in [-0.25, -0.2) is 13.2 Å². The van der Waals surface area contributed by atoms with Gasteiger partial charge in [-0.15, -0.1) is 0 Å². The van der Waals surface area contributed by atoms with Gasteiger partial charge in [-0.3, -0.25) is 0 Å². The molecule has 0 radical (unpaired) electrons. The molecule has 0 spiro atoms. The number of nitrogens with one attached hydrogen (secondary N) is 1. The van der Waals surface area contributed by atoms with Crippen LogP contribution in [0.15, 0.2) is 0 Å². The highest BCUT2D eigenvalue weighted by molar-refractivity contribution is 7.91. The number of hydrogen-bond donors (Lipinski definition) is 1. The fourth-order valence-corrected chi connectivity index (χ4v) is 5.68. The number of sulfone groups is 1. The SMILES string of the molecule is CS(=O)(=O)[C@@H]1CCC[C@H](NC(=O)N2C[C@H]3CCCC[C@@H]3C2)C1. The molecule has 1 saturated heterocycles. The Kier molecular flexibility index (Phi) is 4.67. The largest absolute Gasteiger partial charge is 0.335 e. The Morgan fingerprint density at radius 3 is 2.23 bits per heavy atom. The van der Waals surface area contributed by atoms with Crippen LogP contribution in [0.25, 0.3) is 0 Å². The van der Waals surface area contributed by atoms with Crippen LogP contribution in [0, 0.1) is 11.8 Å². The molecule has 3 aliphatic rings. The van der Waals surface area contributed by atoms with E-state index in [4.69, 9.17) is 0 Å². The second-order valence-corrected chi connectivity index (χ2v) is 9.80. The normalized spacial score (nSPS) is 36.0. The van der Waals surface area contributed by atoms with Crippen molar-refractivity contribution in [3.63, 3.8) is 0 Å². The number of hydrogen-bond acceptors (Lipinski definition) is 3. The number of rotatable bonds is 2. The Morgan fingerprint density at radius 2 is 1.64 bits per heavy atom. The quantitative estimate of drug-likeness (QED) is 0.845. The molecule has 3 fully saturated rings. The Morgan fingerprint density at radius 1 is 1.00 bits per heavy atom. The maximum atomic E-state index is 12.5. The van der Waals surface area contributed by atoms with Gasteiger partial charge in [0.25, 0.3) is 0 Å². The van der Waals surface area contributed by atoms with Gasteiger partial charge in [0.1, 0.15) is 9.84 Å². The van der Waals surface area contributed by atoms with Crippen molar-refractivity contribution in [2.75, 3.05) is 19.3 Å². The summed E-state index contributed by atoms with van der Waals surface area (Å²) in [4.78, 5) is 14.4. The smallest absolute Gasteiger partial charge is 0.317 e. The lowest BCUT2D eigenvalue weighted by Crippen LogP contribution is -2.47. The molecule has 0 unspecified atom stereocenters.